The molecule has 1 aliphatic carbocycles. The maximum absolute atomic E-state index is 12.4. The number of carbonyl (C=O) groups is 1. The van der Waals surface area contributed by atoms with Crippen molar-refractivity contribution >= 4 is 5.91 Å². The molecule has 0 aromatic carbocycles. The second-order valence-electron chi connectivity index (χ2n) is 6.18. The maximum Gasteiger partial charge on any atom is 0.225 e. The molecule has 4 heteroatoms. The Hall–Kier alpha value is -0.610. The fraction of sp³-hybridized carbons (Fsp3) is 0.933. The molecule has 1 amide bonds. The Morgan fingerprint density at radius 3 is 2.42 bits per heavy atom. The topological polar surface area (TPSA) is 43.8 Å². The molecule has 1 saturated carbocycles. The minimum atomic E-state index is 0.187. The van der Waals surface area contributed by atoms with E-state index in [4.69, 9.17) is 5.11 Å². The second kappa shape index (κ2) is 7.25. The number of aliphatic hydroxyl groups excluding tert-OH is 1. The summed E-state index contributed by atoms with van der Waals surface area (Å²) in [5.41, 5.74) is 0. The van der Waals surface area contributed by atoms with E-state index in [1.54, 1.807) is 0 Å². The third-order valence-corrected chi connectivity index (χ3v) is 4.68. The molecular formula is C15H28N2O2. The van der Waals surface area contributed by atoms with E-state index >= 15 is 0 Å². The van der Waals surface area contributed by atoms with Gasteiger partial charge in [-0.25, -0.2) is 0 Å². The molecule has 1 saturated heterocycles. The first-order chi connectivity index (χ1) is 9.20. The molecule has 4 nitrogen and oxygen atoms in total. The minimum absolute atomic E-state index is 0.187. The monoisotopic (exact) mass is 268 g/mol. The Labute approximate surface area is 116 Å². The van der Waals surface area contributed by atoms with Gasteiger partial charge in [0.1, 0.15) is 0 Å². The zero-order chi connectivity index (χ0) is 13.7. The SMILES string of the molecule is CC(CC1CCCC1)C(=O)N1CCN(CCO)CC1. The van der Waals surface area contributed by atoms with Gasteiger partial charge in [0, 0.05) is 38.6 Å². The van der Waals surface area contributed by atoms with Crippen LogP contribution >= 0.6 is 0 Å². The number of aliphatic hydroxyl groups is 1. The van der Waals surface area contributed by atoms with Gasteiger partial charge < -0.3 is 10.0 Å². The first kappa shape index (κ1) is 14.8. The van der Waals surface area contributed by atoms with E-state index in [2.05, 4.69) is 11.8 Å². The molecule has 1 unspecified atom stereocenters. The number of rotatable bonds is 5. The summed E-state index contributed by atoms with van der Waals surface area (Å²) in [5.74, 6) is 1.32. The largest absolute Gasteiger partial charge is 0.395 e. The van der Waals surface area contributed by atoms with Gasteiger partial charge in [0.15, 0.2) is 0 Å². The van der Waals surface area contributed by atoms with E-state index in [1.807, 2.05) is 4.90 Å². The summed E-state index contributed by atoms with van der Waals surface area (Å²) >= 11 is 0. The summed E-state index contributed by atoms with van der Waals surface area (Å²) in [6.45, 7) is 6.51. The van der Waals surface area contributed by atoms with Gasteiger partial charge in [-0.1, -0.05) is 32.6 Å². The number of hydrogen-bond donors (Lipinski definition) is 1. The van der Waals surface area contributed by atoms with Crippen molar-refractivity contribution in [1.29, 1.82) is 0 Å². The molecule has 0 radical (unpaired) electrons. The van der Waals surface area contributed by atoms with Gasteiger partial charge in [-0.15, -0.1) is 0 Å². The number of carbonyl (C=O) groups excluding carboxylic acids is 1. The summed E-state index contributed by atoms with van der Waals surface area (Å²) in [6.07, 6.45) is 6.43. The van der Waals surface area contributed by atoms with Crippen molar-refractivity contribution in [3.8, 4) is 0 Å². The summed E-state index contributed by atoms with van der Waals surface area (Å²) in [5, 5.41) is 8.92. The molecule has 110 valence electrons. The Balaban J connectivity index is 1.73. The number of amides is 1. The fourth-order valence-corrected chi connectivity index (χ4v) is 3.49. The van der Waals surface area contributed by atoms with Gasteiger partial charge in [-0.3, -0.25) is 9.69 Å². The Kier molecular flexibility index (Phi) is 5.64. The normalized spacial score (nSPS) is 23.8. The average Bonchev–Trinajstić information content (AvgIpc) is 2.92. The van der Waals surface area contributed by atoms with E-state index in [0.717, 1.165) is 45.1 Å². The molecule has 0 aromatic rings. The molecule has 1 heterocycles. The van der Waals surface area contributed by atoms with Crippen LogP contribution in [0.15, 0.2) is 0 Å². The molecule has 0 spiro atoms. The third-order valence-electron chi connectivity index (χ3n) is 4.68. The highest BCUT2D eigenvalue weighted by atomic mass is 16.3. The molecule has 0 bridgehead atoms. The van der Waals surface area contributed by atoms with E-state index in [-0.39, 0.29) is 12.5 Å². The Morgan fingerprint density at radius 1 is 1.21 bits per heavy atom. The number of hydrogen-bond acceptors (Lipinski definition) is 3. The second-order valence-corrected chi connectivity index (χ2v) is 6.18. The van der Waals surface area contributed by atoms with Gasteiger partial charge in [0.25, 0.3) is 0 Å². The van der Waals surface area contributed by atoms with Gasteiger partial charge in [-0.2, -0.15) is 0 Å². The lowest BCUT2D eigenvalue weighted by Gasteiger charge is -2.36. The summed E-state index contributed by atoms with van der Waals surface area (Å²) in [7, 11) is 0. The molecule has 1 atom stereocenters. The van der Waals surface area contributed by atoms with Crippen molar-refractivity contribution in [2.24, 2.45) is 11.8 Å². The van der Waals surface area contributed by atoms with E-state index in [0.29, 0.717) is 5.91 Å². The minimum Gasteiger partial charge on any atom is -0.395 e. The fourth-order valence-electron chi connectivity index (χ4n) is 3.49. The zero-order valence-corrected chi connectivity index (χ0v) is 12.2. The van der Waals surface area contributed by atoms with Gasteiger partial charge in [0.2, 0.25) is 5.91 Å². The Bertz CT molecular complexity index is 282. The molecule has 2 fully saturated rings. The molecule has 19 heavy (non-hydrogen) atoms. The number of piperazine rings is 1. The highest BCUT2D eigenvalue weighted by molar-refractivity contribution is 5.78. The average molecular weight is 268 g/mol. The van der Waals surface area contributed by atoms with E-state index in [1.165, 1.54) is 25.7 Å². The molecule has 0 aromatic heterocycles. The van der Waals surface area contributed by atoms with Crippen molar-refractivity contribution in [2.75, 3.05) is 39.3 Å². The van der Waals surface area contributed by atoms with Gasteiger partial charge in [-0.05, 0) is 12.3 Å². The van der Waals surface area contributed by atoms with Crippen molar-refractivity contribution in [1.82, 2.24) is 9.80 Å². The third kappa shape index (κ3) is 4.18. The van der Waals surface area contributed by atoms with Crippen molar-refractivity contribution in [3.05, 3.63) is 0 Å². The molecule has 2 rings (SSSR count). The summed E-state index contributed by atoms with van der Waals surface area (Å²) in [4.78, 5) is 16.7. The summed E-state index contributed by atoms with van der Waals surface area (Å²) in [6, 6.07) is 0. The van der Waals surface area contributed by atoms with Crippen LogP contribution in [0.2, 0.25) is 0 Å². The molecule has 2 aliphatic rings. The van der Waals surface area contributed by atoms with Crippen LogP contribution in [-0.4, -0.2) is 60.1 Å². The van der Waals surface area contributed by atoms with Crippen molar-refractivity contribution < 1.29 is 9.90 Å². The van der Waals surface area contributed by atoms with Crippen molar-refractivity contribution in [2.45, 2.75) is 39.0 Å². The van der Waals surface area contributed by atoms with Gasteiger partial charge >= 0.3 is 0 Å². The quantitative estimate of drug-likeness (QED) is 0.818. The lowest BCUT2D eigenvalue weighted by molar-refractivity contribution is -0.137. The molecule has 1 aliphatic heterocycles. The van der Waals surface area contributed by atoms with E-state index < -0.39 is 0 Å². The highest BCUT2D eigenvalue weighted by Gasteiger charge is 2.27. The number of nitrogens with zero attached hydrogens (tertiary/aromatic N) is 2. The summed E-state index contributed by atoms with van der Waals surface area (Å²) < 4.78 is 0. The van der Waals surface area contributed by atoms with Crippen LogP contribution in [0.25, 0.3) is 0 Å². The van der Waals surface area contributed by atoms with Crippen LogP contribution in [0.5, 0.6) is 0 Å². The first-order valence-electron chi connectivity index (χ1n) is 7.82. The van der Waals surface area contributed by atoms with Crippen LogP contribution < -0.4 is 0 Å². The van der Waals surface area contributed by atoms with Crippen LogP contribution in [0.4, 0.5) is 0 Å². The van der Waals surface area contributed by atoms with E-state index in [9.17, 15) is 4.79 Å². The predicted molar refractivity (Wildman–Crippen MR) is 75.8 cm³/mol. The van der Waals surface area contributed by atoms with Crippen LogP contribution in [0.1, 0.15) is 39.0 Å². The Morgan fingerprint density at radius 2 is 1.84 bits per heavy atom. The molecular weight excluding hydrogens is 240 g/mol. The van der Waals surface area contributed by atoms with Gasteiger partial charge in [0.05, 0.1) is 6.61 Å². The zero-order valence-electron chi connectivity index (χ0n) is 12.2. The highest BCUT2D eigenvalue weighted by Crippen LogP contribution is 2.30. The maximum atomic E-state index is 12.4. The standard InChI is InChI=1S/C15H28N2O2/c1-13(12-14-4-2-3-5-14)15(19)17-8-6-16(7-9-17)10-11-18/h13-14,18H,2-12H2,1H3. The van der Waals surface area contributed by atoms with Crippen molar-refractivity contribution in [3.63, 3.8) is 0 Å². The first-order valence-corrected chi connectivity index (χ1v) is 7.82. The number of β-amino-alcohol motifs (C(OH)–C–C–N with tert-alkyl or cyclic N) is 1. The molecule has 1 N–H and O–H groups in total. The lowest BCUT2D eigenvalue weighted by atomic mass is 9.93. The smallest absolute Gasteiger partial charge is 0.225 e. The lowest BCUT2D eigenvalue weighted by Crippen LogP contribution is -2.50. The van der Waals surface area contributed by atoms with Crippen LogP contribution in [-0.2, 0) is 4.79 Å². The van der Waals surface area contributed by atoms with Crippen LogP contribution in [0, 0.1) is 11.8 Å². The predicted octanol–water partition coefficient (Wildman–Crippen LogP) is 1.34. The van der Waals surface area contributed by atoms with Crippen LogP contribution in [0.3, 0.4) is 0 Å².